The summed E-state index contributed by atoms with van der Waals surface area (Å²) in [6, 6.07) is 0.836. The van der Waals surface area contributed by atoms with E-state index in [0.717, 1.165) is 19.3 Å². The third kappa shape index (κ3) is 2.13. The molecule has 0 N–H and O–H groups in total. The average Bonchev–Trinajstić information content (AvgIpc) is 2.12. The highest BCUT2D eigenvalue weighted by atomic mass is 16.5. The molecule has 0 aromatic carbocycles. The summed E-state index contributed by atoms with van der Waals surface area (Å²) in [5, 5.41) is 0. The van der Waals surface area contributed by atoms with Crippen molar-refractivity contribution < 1.29 is 4.74 Å². The van der Waals surface area contributed by atoms with Crippen LogP contribution < -0.4 is 0 Å². The summed E-state index contributed by atoms with van der Waals surface area (Å²) in [6.45, 7) is 14.2. The zero-order valence-electron chi connectivity index (χ0n) is 11.5. The molecule has 0 amide bonds. The normalized spacial score (nSPS) is 31.2. The number of ether oxygens (including phenoxy) is 1. The minimum absolute atomic E-state index is 0.359. The molecule has 0 radical (unpaired) electrons. The van der Waals surface area contributed by atoms with Gasteiger partial charge in [0.15, 0.2) is 0 Å². The highest BCUT2D eigenvalue weighted by Gasteiger charge is 2.49. The lowest BCUT2D eigenvalue weighted by Gasteiger charge is -2.60. The van der Waals surface area contributed by atoms with Crippen molar-refractivity contribution in [2.45, 2.75) is 45.2 Å². The van der Waals surface area contributed by atoms with Crippen molar-refractivity contribution >= 4 is 0 Å². The van der Waals surface area contributed by atoms with Gasteiger partial charge in [-0.25, -0.2) is 0 Å². The summed E-state index contributed by atoms with van der Waals surface area (Å²) in [4.78, 5) is 5.29. The Morgan fingerprint density at radius 3 is 2.18 bits per heavy atom. The van der Waals surface area contributed by atoms with Gasteiger partial charge in [0, 0.05) is 56.4 Å². The van der Waals surface area contributed by atoms with E-state index >= 15 is 0 Å². The SMILES string of the molecule is CC(C)(C)N1CC(N2CC3(CCOCC3)C2)C1. The van der Waals surface area contributed by atoms with Crippen LogP contribution >= 0.6 is 0 Å². The molecule has 0 unspecified atom stereocenters. The smallest absolute Gasteiger partial charge is 0.0472 e. The second-order valence-corrected chi connectivity index (χ2v) is 7.25. The summed E-state index contributed by atoms with van der Waals surface area (Å²) >= 11 is 0. The van der Waals surface area contributed by atoms with Crippen molar-refractivity contribution in [1.82, 2.24) is 9.80 Å². The van der Waals surface area contributed by atoms with Crippen molar-refractivity contribution in [1.29, 1.82) is 0 Å². The first-order valence-electron chi connectivity index (χ1n) is 7.05. The van der Waals surface area contributed by atoms with Crippen LogP contribution in [0.25, 0.3) is 0 Å². The van der Waals surface area contributed by atoms with E-state index in [2.05, 4.69) is 30.6 Å². The van der Waals surface area contributed by atoms with Crippen LogP contribution in [0.15, 0.2) is 0 Å². The first-order valence-corrected chi connectivity index (χ1v) is 7.05. The Morgan fingerprint density at radius 1 is 1.06 bits per heavy atom. The quantitative estimate of drug-likeness (QED) is 0.690. The topological polar surface area (TPSA) is 15.7 Å². The van der Waals surface area contributed by atoms with Crippen LogP contribution in [0, 0.1) is 5.41 Å². The molecule has 3 aliphatic rings. The predicted octanol–water partition coefficient (Wildman–Crippen LogP) is 1.58. The minimum Gasteiger partial charge on any atom is -0.381 e. The summed E-state index contributed by atoms with van der Waals surface area (Å²) in [6.07, 6.45) is 2.58. The molecule has 0 aromatic rings. The largest absolute Gasteiger partial charge is 0.381 e. The summed E-state index contributed by atoms with van der Waals surface area (Å²) in [7, 11) is 0. The molecule has 17 heavy (non-hydrogen) atoms. The molecular weight excluding hydrogens is 212 g/mol. The molecule has 3 saturated heterocycles. The maximum absolute atomic E-state index is 5.47. The molecule has 0 saturated carbocycles. The molecule has 3 nitrogen and oxygen atoms in total. The Hall–Kier alpha value is -0.120. The molecule has 98 valence electrons. The molecule has 3 aliphatic heterocycles. The Bertz CT molecular complexity index is 277. The van der Waals surface area contributed by atoms with Crippen LogP contribution in [-0.2, 0) is 4.74 Å². The van der Waals surface area contributed by atoms with Gasteiger partial charge in [-0.15, -0.1) is 0 Å². The van der Waals surface area contributed by atoms with Crippen LogP contribution in [0.5, 0.6) is 0 Å². The number of hydrogen-bond acceptors (Lipinski definition) is 3. The van der Waals surface area contributed by atoms with Gasteiger partial charge in [-0.05, 0) is 33.6 Å². The van der Waals surface area contributed by atoms with E-state index < -0.39 is 0 Å². The number of likely N-dealkylation sites (tertiary alicyclic amines) is 2. The van der Waals surface area contributed by atoms with Gasteiger partial charge in [-0.1, -0.05) is 0 Å². The van der Waals surface area contributed by atoms with E-state index in [0.29, 0.717) is 11.0 Å². The summed E-state index contributed by atoms with van der Waals surface area (Å²) < 4.78 is 5.47. The highest BCUT2D eigenvalue weighted by molar-refractivity contribution is 5.03. The fourth-order valence-electron chi connectivity index (χ4n) is 3.43. The lowest BCUT2D eigenvalue weighted by atomic mass is 9.72. The van der Waals surface area contributed by atoms with Crippen molar-refractivity contribution in [3.63, 3.8) is 0 Å². The number of hydrogen-bond donors (Lipinski definition) is 0. The van der Waals surface area contributed by atoms with Gasteiger partial charge in [0.05, 0.1) is 0 Å². The summed E-state index contributed by atoms with van der Waals surface area (Å²) in [5.74, 6) is 0. The van der Waals surface area contributed by atoms with Crippen molar-refractivity contribution in [3.8, 4) is 0 Å². The van der Waals surface area contributed by atoms with E-state index in [4.69, 9.17) is 4.74 Å². The highest BCUT2D eigenvalue weighted by Crippen LogP contribution is 2.42. The molecule has 0 atom stereocenters. The van der Waals surface area contributed by atoms with E-state index in [1.165, 1.54) is 39.0 Å². The Labute approximate surface area is 105 Å². The Kier molecular flexibility index (Phi) is 2.77. The molecule has 3 rings (SSSR count). The molecule has 0 aromatic heterocycles. The molecule has 0 bridgehead atoms. The molecule has 1 spiro atoms. The molecule has 3 heterocycles. The monoisotopic (exact) mass is 238 g/mol. The fraction of sp³-hybridized carbons (Fsp3) is 1.00. The van der Waals surface area contributed by atoms with Crippen molar-refractivity contribution in [2.75, 3.05) is 39.4 Å². The molecular formula is C14H26N2O. The predicted molar refractivity (Wildman–Crippen MR) is 69.2 cm³/mol. The Balaban J connectivity index is 1.45. The van der Waals surface area contributed by atoms with Gasteiger partial charge in [0.1, 0.15) is 0 Å². The Morgan fingerprint density at radius 2 is 1.65 bits per heavy atom. The van der Waals surface area contributed by atoms with Gasteiger partial charge in [0.2, 0.25) is 0 Å². The lowest BCUT2D eigenvalue weighted by Crippen LogP contribution is -2.71. The fourth-order valence-corrected chi connectivity index (χ4v) is 3.43. The van der Waals surface area contributed by atoms with E-state index in [1.807, 2.05) is 0 Å². The third-order valence-corrected chi connectivity index (χ3v) is 4.96. The maximum atomic E-state index is 5.47. The van der Waals surface area contributed by atoms with E-state index in [1.54, 1.807) is 0 Å². The van der Waals surface area contributed by atoms with Crippen molar-refractivity contribution in [3.05, 3.63) is 0 Å². The second kappa shape index (κ2) is 3.94. The first-order chi connectivity index (χ1) is 7.99. The van der Waals surface area contributed by atoms with Crippen LogP contribution in [0.1, 0.15) is 33.6 Å². The van der Waals surface area contributed by atoms with E-state index in [-0.39, 0.29) is 0 Å². The molecule has 3 heteroatoms. The second-order valence-electron chi connectivity index (χ2n) is 7.25. The summed E-state index contributed by atoms with van der Waals surface area (Å²) in [5.41, 5.74) is 0.998. The van der Waals surface area contributed by atoms with Gasteiger partial charge >= 0.3 is 0 Å². The minimum atomic E-state index is 0.359. The molecule has 3 fully saturated rings. The van der Waals surface area contributed by atoms with Crippen LogP contribution in [0.3, 0.4) is 0 Å². The first kappa shape index (κ1) is 11.9. The zero-order chi connectivity index (χ0) is 12.1. The standard InChI is InChI=1S/C14H26N2O/c1-13(2,3)16-8-12(9-16)15-10-14(11-15)4-6-17-7-5-14/h12H,4-11H2,1-3H3. The third-order valence-electron chi connectivity index (χ3n) is 4.96. The van der Waals surface area contributed by atoms with Gasteiger partial charge in [-0.3, -0.25) is 9.80 Å². The number of rotatable bonds is 1. The lowest BCUT2D eigenvalue weighted by molar-refractivity contribution is -0.133. The van der Waals surface area contributed by atoms with Crippen molar-refractivity contribution in [2.24, 2.45) is 5.41 Å². The van der Waals surface area contributed by atoms with E-state index in [9.17, 15) is 0 Å². The maximum Gasteiger partial charge on any atom is 0.0472 e. The van der Waals surface area contributed by atoms with Gasteiger partial charge in [-0.2, -0.15) is 0 Å². The van der Waals surface area contributed by atoms with Gasteiger partial charge in [0.25, 0.3) is 0 Å². The van der Waals surface area contributed by atoms with Gasteiger partial charge < -0.3 is 4.74 Å². The van der Waals surface area contributed by atoms with Crippen LogP contribution in [-0.4, -0.2) is 60.8 Å². The molecule has 0 aliphatic carbocycles. The van der Waals surface area contributed by atoms with Crippen LogP contribution in [0.2, 0.25) is 0 Å². The van der Waals surface area contributed by atoms with Crippen LogP contribution in [0.4, 0.5) is 0 Å². The average molecular weight is 238 g/mol. The zero-order valence-corrected chi connectivity index (χ0v) is 11.5. The number of nitrogens with zero attached hydrogens (tertiary/aromatic N) is 2.